The molecule has 0 spiro atoms. The molecule has 0 heterocycles. The number of carbonyl (C=O) groups is 1. The third-order valence-electron chi connectivity index (χ3n) is 1.98. The fourth-order valence-corrected chi connectivity index (χ4v) is 1.36. The molecule has 0 saturated heterocycles. The Morgan fingerprint density at radius 2 is 1.87 bits per heavy atom. The highest BCUT2D eigenvalue weighted by Crippen LogP contribution is 2.19. The zero-order valence-electron chi connectivity index (χ0n) is 9.99. The molecule has 1 unspecified atom stereocenters. The van der Waals surface area contributed by atoms with Crippen molar-refractivity contribution in [3.63, 3.8) is 0 Å². The van der Waals surface area contributed by atoms with Crippen LogP contribution in [0, 0.1) is 5.92 Å². The molecule has 4 heteroatoms. The molecule has 0 bridgehead atoms. The fourth-order valence-electron chi connectivity index (χ4n) is 1.03. The summed E-state index contributed by atoms with van der Waals surface area (Å²) in [6.07, 6.45) is 2.97. The molecule has 0 aliphatic rings. The van der Waals surface area contributed by atoms with Crippen LogP contribution in [0.3, 0.4) is 0 Å². The standard InChI is InChI=1S/C11H22O2S2/c1-8(2)6-5-7-9(14)13-10(12)11(3,4)15/h8-9,14-15H,5-7H2,1-4H3. The topological polar surface area (TPSA) is 26.3 Å². The van der Waals surface area contributed by atoms with Crippen LogP contribution in [0.1, 0.15) is 47.0 Å². The lowest BCUT2D eigenvalue weighted by Crippen LogP contribution is -2.29. The van der Waals surface area contributed by atoms with Gasteiger partial charge in [-0.1, -0.05) is 20.3 Å². The summed E-state index contributed by atoms with van der Waals surface area (Å²) < 4.78 is 4.41. The molecule has 0 radical (unpaired) electrons. The van der Waals surface area contributed by atoms with Crippen molar-refractivity contribution in [1.82, 2.24) is 0 Å². The van der Waals surface area contributed by atoms with E-state index < -0.39 is 4.75 Å². The monoisotopic (exact) mass is 250 g/mol. The molecule has 0 amide bonds. The Kier molecular flexibility index (Phi) is 6.76. The van der Waals surface area contributed by atoms with Crippen molar-refractivity contribution in [2.24, 2.45) is 5.92 Å². The van der Waals surface area contributed by atoms with Crippen LogP contribution in [0.15, 0.2) is 0 Å². The van der Waals surface area contributed by atoms with E-state index in [-0.39, 0.29) is 11.4 Å². The van der Waals surface area contributed by atoms with E-state index in [0.29, 0.717) is 5.92 Å². The summed E-state index contributed by atoms with van der Waals surface area (Å²) in [4.78, 5) is 11.4. The third kappa shape index (κ3) is 8.03. The van der Waals surface area contributed by atoms with E-state index in [1.165, 1.54) is 0 Å². The van der Waals surface area contributed by atoms with Gasteiger partial charge in [0.05, 0.1) is 0 Å². The summed E-state index contributed by atoms with van der Waals surface area (Å²) in [6.45, 7) is 7.78. The maximum Gasteiger partial charge on any atom is 0.322 e. The third-order valence-corrected chi connectivity index (χ3v) is 2.52. The van der Waals surface area contributed by atoms with Crippen LogP contribution in [0.5, 0.6) is 0 Å². The predicted octanol–water partition coefficient (Wildman–Crippen LogP) is 3.32. The highest BCUT2D eigenvalue weighted by atomic mass is 32.1. The van der Waals surface area contributed by atoms with Crippen molar-refractivity contribution < 1.29 is 9.53 Å². The van der Waals surface area contributed by atoms with Gasteiger partial charge in [0, 0.05) is 0 Å². The number of thiol groups is 2. The number of rotatable bonds is 6. The van der Waals surface area contributed by atoms with Gasteiger partial charge >= 0.3 is 5.97 Å². The second-order valence-corrected chi connectivity index (χ2v) is 6.44. The molecule has 15 heavy (non-hydrogen) atoms. The maximum absolute atomic E-state index is 11.4. The van der Waals surface area contributed by atoms with Crippen molar-refractivity contribution in [2.75, 3.05) is 0 Å². The molecule has 0 fully saturated rings. The molecular formula is C11H22O2S2. The normalized spacial score (nSPS) is 14.1. The average Bonchev–Trinajstić information content (AvgIpc) is 2.01. The Labute approximate surface area is 104 Å². The first-order valence-electron chi connectivity index (χ1n) is 5.35. The van der Waals surface area contributed by atoms with E-state index in [4.69, 9.17) is 4.74 Å². The minimum Gasteiger partial charge on any atom is -0.451 e. The number of ether oxygens (including phenoxy) is 1. The summed E-state index contributed by atoms with van der Waals surface area (Å²) in [6, 6.07) is 0. The summed E-state index contributed by atoms with van der Waals surface area (Å²) in [7, 11) is 0. The minimum absolute atomic E-state index is 0.303. The van der Waals surface area contributed by atoms with Crippen LogP contribution >= 0.6 is 25.3 Å². The van der Waals surface area contributed by atoms with Crippen LogP contribution in [0.4, 0.5) is 0 Å². The molecule has 0 aliphatic heterocycles. The molecule has 90 valence electrons. The van der Waals surface area contributed by atoms with Crippen molar-refractivity contribution in [3.05, 3.63) is 0 Å². The second kappa shape index (κ2) is 6.69. The minimum atomic E-state index is -0.737. The van der Waals surface area contributed by atoms with Gasteiger partial charge in [-0.15, -0.1) is 12.6 Å². The van der Waals surface area contributed by atoms with Gasteiger partial charge in [-0.3, -0.25) is 4.79 Å². The van der Waals surface area contributed by atoms with Crippen LogP contribution in [-0.2, 0) is 9.53 Å². The van der Waals surface area contributed by atoms with Crippen molar-refractivity contribution in [3.8, 4) is 0 Å². The highest BCUT2D eigenvalue weighted by Gasteiger charge is 2.26. The maximum atomic E-state index is 11.4. The molecule has 0 N–H and O–H groups in total. The van der Waals surface area contributed by atoms with Gasteiger partial charge in [-0.25, -0.2) is 0 Å². The molecule has 0 aromatic carbocycles. The Bertz CT molecular complexity index is 197. The second-order valence-electron chi connectivity index (χ2n) is 4.74. The summed E-state index contributed by atoms with van der Waals surface area (Å²) in [5, 5.41) is 0. The highest BCUT2D eigenvalue weighted by molar-refractivity contribution is 7.82. The first-order valence-corrected chi connectivity index (χ1v) is 6.31. The SMILES string of the molecule is CC(C)CCCC(S)OC(=O)C(C)(C)S. The zero-order chi connectivity index (χ0) is 12.1. The van der Waals surface area contributed by atoms with Crippen molar-refractivity contribution in [1.29, 1.82) is 0 Å². The van der Waals surface area contributed by atoms with Gasteiger partial charge in [0.25, 0.3) is 0 Å². The van der Waals surface area contributed by atoms with Gasteiger partial charge in [-0.05, 0) is 32.6 Å². The van der Waals surface area contributed by atoms with Crippen LogP contribution in [-0.4, -0.2) is 16.2 Å². The first kappa shape index (κ1) is 15.2. The van der Waals surface area contributed by atoms with Gasteiger partial charge < -0.3 is 4.74 Å². The van der Waals surface area contributed by atoms with Gasteiger partial charge in [0.2, 0.25) is 0 Å². The number of esters is 1. The smallest absolute Gasteiger partial charge is 0.322 e. The molecule has 1 atom stereocenters. The molecule has 0 saturated carbocycles. The van der Waals surface area contributed by atoms with Crippen LogP contribution in [0.25, 0.3) is 0 Å². The molecule has 0 aliphatic carbocycles. The molecule has 2 nitrogen and oxygen atoms in total. The number of hydrogen-bond acceptors (Lipinski definition) is 4. The van der Waals surface area contributed by atoms with Crippen molar-refractivity contribution >= 4 is 31.2 Å². The van der Waals surface area contributed by atoms with Crippen molar-refractivity contribution in [2.45, 2.75) is 57.1 Å². The van der Waals surface area contributed by atoms with E-state index in [0.717, 1.165) is 19.3 Å². The van der Waals surface area contributed by atoms with Crippen LogP contribution in [0.2, 0.25) is 0 Å². The summed E-state index contributed by atoms with van der Waals surface area (Å²) in [5.41, 5.74) is -0.303. The van der Waals surface area contributed by atoms with E-state index in [9.17, 15) is 4.79 Å². The summed E-state index contributed by atoms with van der Waals surface area (Å²) in [5.74, 6) is 0.373. The lowest BCUT2D eigenvalue weighted by molar-refractivity contribution is -0.147. The van der Waals surface area contributed by atoms with Gasteiger partial charge in [-0.2, -0.15) is 12.6 Å². The largest absolute Gasteiger partial charge is 0.451 e. The molecule has 0 aromatic rings. The Morgan fingerprint density at radius 1 is 1.33 bits per heavy atom. The van der Waals surface area contributed by atoms with E-state index >= 15 is 0 Å². The van der Waals surface area contributed by atoms with E-state index in [2.05, 4.69) is 39.1 Å². The Balaban J connectivity index is 3.75. The summed E-state index contributed by atoms with van der Waals surface area (Å²) >= 11 is 8.37. The van der Waals surface area contributed by atoms with E-state index in [1.807, 2.05) is 0 Å². The zero-order valence-corrected chi connectivity index (χ0v) is 11.8. The Hall–Kier alpha value is 0.170. The molecule has 0 rings (SSSR count). The predicted molar refractivity (Wildman–Crippen MR) is 70.6 cm³/mol. The lowest BCUT2D eigenvalue weighted by Gasteiger charge is -2.19. The van der Waals surface area contributed by atoms with Gasteiger partial charge in [0.15, 0.2) is 0 Å². The van der Waals surface area contributed by atoms with Gasteiger partial charge in [0.1, 0.15) is 10.2 Å². The Morgan fingerprint density at radius 3 is 2.27 bits per heavy atom. The first-order chi connectivity index (χ1) is 6.73. The van der Waals surface area contributed by atoms with Crippen LogP contribution < -0.4 is 0 Å². The molecule has 0 aromatic heterocycles. The quantitative estimate of drug-likeness (QED) is 0.430. The number of hydrogen-bond donors (Lipinski definition) is 2. The molecular weight excluding hydrogens is 228 g/mol. The average molecular weight is 250 g/mol. The lowest BCUT2D eigenvalue weighted by atomic mass is 10.1. The fraction of sp³-hybridized carbons (Fsp3) is 0.909. The van der Waals surface area contributed by atoms with E-state index in [1.54, 1.807) is 13.8 Å². The number of carbonyl (C=O) groups excluding carboxylic acids is 1.